The van der Waals surface area contributed by atoms with Gasteiger partial charge in [-0.25, -0.2) is 8.42 Å². The Kier molecular flexibility index (Phi) is 4.63. The Balaban J connectivity index is 2.10. The Hall–Kier alpha value is -0.870. The van der Waals surface area contributed by atoms with E-state index in [-0.39, 0.29) is 5.75 Å². The second kappa shape index (κ2) is 6.06. The van der Waals surface area contributed by atoms with E-state index in [1.807, 2.05) is 12.1 Å². The molecule has 0 aliphatic carbocycles. The Morgan fingerprint density at radius 3 is 2.26 bits per heavy atom. The predicted octanol–water partition coefficient (Wildman–Crippen LogP) is 2.58. The van der Waals surface area contributed by atoms with Crippen molar-refractivity contribution >= 4 is 9.84 Å². The van der Waals surface area contributed by atoms with Crippen LogP contribution >= 0.6 is 0 Å². The van der Waals surface area contributed by atoms with E-state index in [0.29, 0.717) is 16.7 Å². The maximum Gasteiger partial charge on any atom is 0.178 e. The summed E-state index contributed by atoms with van der Waals surface area (Å²) >= 11 is 0. The molecule has 1 aromatic rings. The van der Waals surface area contributed by atoms with Crippen LogP contribution in [0.3, 0.4) is 0 Å². The van der Waals surface area contributed by atoms with Crippen LogP contribution in [0.15, 0.2) is 29.2 Å². The minimum absolute atomic E-state index is 0.287. The number of piperidine rings is 1. The molecular weight excluding hydrogens is 258 g/mol. The highest BCUT2D eigenvalue weighted by molar-refractivity contribution is 7.91. The molecule has 0 atom stereocenters. The zero-order chi connectivity index (χ0) is 13.9. The van der Waals surface area contributed by atoms with Crippen LogP contribution in [0.5, 0.6) is 0 Å². The molecule has 3 nitrogen and oxygen atoms in total. The largest absolute Gasteiger partial charge is 0.317 e. The fourth-order valence-electron chi connectivity index (χ4n) is 2.51. The minimum atomic E-state index is -3.13. The zero-order valence-electron chi connectivity index (χ0n) is 11.7. The molecule has 2 rings (SSSR count). The molecule has 0 unspecified atom stereocenters. The van der Waals surface area contributed by atoms with Crippen molar-refractivity contribution in [3.8, 4) is 0 Å². The van der Waals surface area contributed by atoms with E-state index in [0.717, 1.165) is 25.9 Å². The summed E-state index contributed by atoms with van der Waals surface area (Å²) in [7, 11) is -3.13. The molecule has 4 heteroatoms. The van der Waals surface area contributed by atoms with E-state index in [1.165, 1.54) is 5.56 Å². The van der Waals surface area contributed by atoms with Crippen LogP contribution in [-0.4, -0.2) is 27.3 Å². The summed E-state index contributed by atoms with van der Waals surface area (Å²) < 4.78 is 24.7. The first-order chi connectivity index (χ1) is 8.99. The van der Waals surface area contributed by atoms with Gasteiger partial charge in [0.15, 0.2) is 9.84 Å². The van der Waals surface area contributed by atoms with Crippen LogP contribution < -0.4 is 5.32 Å². The summed E-state index contributed by atoms with van der Waals surface area (Å²) in [6.45, 7) is 6.09. The van der Waals surface area contributed by atoms with E-state index in [4.69, 9.17) is 0 Å². The molecule has 0 spiro atoms. The van der Waals surface area contributed by atoms with E-state index in [2.05, 4.69) is 19.2 Å². The first-order valence-corrected chi connectivity index (χ1v) is 8.67. The van der Waals surface area contributed by atoms with Gasteiger partial charge in [-0.15, -0.1) is 0 Å². The van der Waals surface area contributed by atoms with Gasteiger partial charge < -0.3 is 5.32 Å². The molecule has 1 N–H and O–H groups in total. The zero-order valence-corrected chi connectivity index (χ0v) is 12.5. The topological polar surface area (TPSA) is 46.2 Å². The summed E-state index contributed by atoms with van der Waals surface area (Å²) in [4.78, 5) is 0.468. The van der Waals surface area contributed by atoms with E-state index >= 15 is 0 Å². The Labute approximate surface area is 116 Å². The molecule has 1 heterocycles. The van der Waals surface area contributed by atoms with Crippen molar-refractivity contribution in [2.45, 2.75) is 37.5 Å². The lowest BCUT2D eigenvalue weighted by Gasteiger charge is -2.22. The first kappa shape index (κ1) is 14.5. The lowest BCUT2D eigenvalue weighted by molar-refractivity contribution is 0.401. The van der Waals surface area contributed by atoms with E-state index in [9.17, 15) is 8.42 Å². The molecule has 1 fully saturated rings. The number of hydrogen-bond donors (Lipinski definition) is 1. The van der Waals surface area contributed by atoms with Gasteiger partial charge in [0.2, 0.25) is 0 Å². The van der Waals surface area contributed by atoms with Crippen molar-refractivity contribution in [1.82, 2.24) is 5.32 Å². The standard InChI is InChI=1S/C15H23NO2S/c1-12(2)14-3-5-15(6-4-14)19(17,18)11-13-7-9-16-10-8-13/h3-6,12-13,16H,7-11H2,1-2H3. The highest BCUT2D eigenvalue weighted by atomic mass is 32.2. The van der Waals surface area contributed by atoms with E-state index < -0.39 is 9.84 Å². The molecule has 0 aromatic heterocycles. The Bertz CT molecular complexity index is 499. The third-order valence-corrected chi connectivity index (χ3v) is 5.72. The predicted molar refractivity (Wildman–Crippen MR) is 78.2 cm³/mol. The molecular formula is C15H23NO2S. The molecule has 0 radical (unpaired) electrons. The van der Waals surface area contributed by atoms with Crippen LogP contribution in [0.4, 0.5) is 0 Å². The Morgan fingerprint density at radius 1 is 1.16 bits per heavy atom. The number of benzene rings is 1. The average molecular weight is 281 g/mol. The van der Waals surface area contributed by atoms with Crippen LogP contribution in [0, 0.1) is 5.92 Å². The molecule has 0 amide bonds. The lowest BCUT2D eigenvalue weighted by atomic mass is 10.0. The van der Waals surface area contributed by atoms with Crippen molar-refractivity contribution in [2.24, 2.45) is 5.92 Å². The summed E-state index contributed by atoms with van der Waals surface area (Å²) in [6, 6.07) is 7.37. The maximum absolute atomic E-state index is 12.4. The van der Waals surface area contributed by atoms with Crippen LogP contribution in [0.25, 0.3) is 0 Å². The molecule has 1 aromatic carbocycles. The number of hydrogen-bond acceptors (Lipinski definition) is 3. The summed E-state index contributed by atoms with van der Waals surface area (Å²) in [5.74, 6) is 1.02. The third kappa shape index (κ3) is 3.80. The Morgan fingerprint density at radius 2 is 1.74 bits per heavy atom. The van der Waals surface area contributed by atoms with Gasteiger partial charge in [-0.3, -0.25) is 0 Å². The fraction of sp³-hybridized carbons (Fsp3) is 0.600. The monoisotopic (exact) mass is 281 g/mol. The molecule has 19 heavy (non-hydrogen) atoms. The van der Waals surface area contributed by atoms with Crippen LogP contribution in [-0.2, 0) is 9.84 Å². The molecule has 1 aliphatic heterocycles. The van der Waals surface area contributed by atoms with Crippen molar-refractivity contribution < 1.29 is 8.42 Å². The van der Waals surface area contributed by atoms with Crippen LogP contribution in [0.1, 0.15) is 38.2 Å². The van der Waals surface area contributed by atoms with Gasteiger partial charge in [-0.1, -0.05) is 26.0 Å². The number of sulfone groups is 1. The van der Waals surface area contributed by atoms with Crippen molar-refractivity contribution in [1.29, 1.82) is 0 Å². The minimum Gasteiger partial charge on any atom is -0.317 e. The summed E-state index contributed by atoms with van der Waals surface area (Å²) in [5, 5.41) is 3.27. The number of rotatable bonds is 4. The second-order valence-corrected chi connectivity index (χ2v) is 7.73. The first-order valence-electron chi connectivity index (χ1n) is 7.02. The SMILES string of the molecule is CC(C)c1ccc(S(=O)(=O)CC2CCNCC2)cc1. The van der Waals surface area contributed by atoms with Gasteiger partial charge >= 0.3 is 0 Å². The van der Waals surface area contributed by atoms with Gasteiger partial charge in [-0.2, -0.15) is 0 Å². The maximum atomic E-state index is 12.4. The molecule has 106 valence electrons. The van der Waals surface area contributed by atoms with Gasteiger partial charge in [0.25, 0.3) is 0 Å². The van der Waals surface area contributed by atoms with Gasteiger partial charge in [0.05, 0.1) is 10.6 Å². The van der Waals surface area contributed by atoms with Gasteiger partial charge in [0.1, 0.15) is 0 Å². The van der Waals surface area contributed by atoms with Gasteiger partial charge in [-0.05, 0) is 55.5 Å². The fourth-order valence-corrected chi connectivity index (χ4v) is 4.21. The average Bonchev–Trinajstić information content (AvgIpc) is 2.39. The molecule has 1 saturated heterocycles. The molecule has 0 bridgehead atoms. The smallest absolute Gasteiger partial charge is 0.178 e. The van der Waals surface area contributed by atoms with E-state index in [1.54, 1.807) is 12.1 Å². The number of nitrogens with one attached hydrogen (secondary N) is 1. The third-order valence-electron chi connectivity index (χ3n) is 3.82. The quantitative estimate of drug-likeness (QED) is 0.922. The molecule has 1 aliphatic rings. The normalized spacial score (nSPS) is 17.8. The van der Waals surface area contributed by atoms with Crippen molar-refractivity contribution in [3.05, 3.63) is 29.8 Å². The van der Waals surface area contributed by atoms with Gasteiger partial charge in [0, 0.05) is 0 Å². The second-order valence-electron chi connectivity index (χ2n) is 5.70. The highest BCUT2D eigenvalue weighted by Crippen LogP contribution is 2.22. The van der Waals surface area contributed by atoms with Crippen LogP contribution in [0.2, 0.25) is 0 Å². The lowest BCUT2D eigenvalue weighted by Crippen LogP contribution is -2.31. The summed E-state index contributed by atoms with van der Waals surface area (Å²) in [5.41, 5.74) is 1.18. The summed E-state index contributed by atoms with van der Waals surface area (Å²) in [6.07, 6.45) is 1.92. The molecule has 0 saturated carbocycles. The van der Waals surface area contributed by atoms with Crippen molar-refractivity contribution in [2.75, 3.05) is 18.8 Å². The highest BCUT2D eigenvalue weighted by Gasteiger charge is 2.22. The van der Waals surface area contributed by atoms with Crippen molar-refractivity contribution in [3.63, 3.8) is 0 Å².